The first kappa shape index (κ1) is 21.4. The average Bonchev–Trinajstić information content (AvgIpc) is 2.52. The van der Waals surface area contributed by atoms with Crippen molar-refractivity contribution in [3.8, 4) is 0 Å². The molecule has 0 N–H and O–H groups in total. The zero-order chi connectivity index (χ0) is 17.9. The quantitative estimate of drug-likeness (QED) is 0.428. The van der Waals surface area contributed by atoms with Crippen LogP contribution in [-0.2, 0) is 28.6 Å². The minimum atomic E-state index is -0.248. The molecule has 0 amide bonds. The van der Waals surface area contributed by atoms with Crippen molar-refractivity contribution in [3.63, 3.8) is 0 Å². The Morgan fingerprint density at radius 3 is 1.61 bits per heavy atom. The van der Waals surface area contributed by atoms with E-state index in [4.69, 9.17) is 4.74 Å². The van der Waals surface area contributed by atoms with Crippen molar-refractivity contribution in [2.75, 3.05) is 21.3 Å². The van der Waals surface area contributed by atoms with Gasteiger partial charge in [0.15, 0.2) is 0 Å². The first-order valence-corrected chi connectivity index (χ1v) is 7.94. The Balaban J connectivity index is 4.50. The maximum atomic E-state index is 11.4. The lowest BCUT2D eigenvalue weighted by atomic mass is 9.80. The van der Waals surface area contributed by atoms with Crippen molar-refractivity contribution in [1.29, 1.82) is 0 Å². The van der Waals surface area contributed by atoms with Gasteiger partial charge in [0.05, 0.1) is 27.8 Å². The van der Waals surface area contributed by atoms with Gasteiger partial charge in [-0.15, -0.1) is 0 Å². The normalized spacial score (nSPS) is 11.2. The zero-order valence-electron chi connectivity index (χ0n) is 15.0. The van der Waals surface area contributed by atoms with Gasteiger partial charge in [-0.05, 0) is 37.0 Å². The third-order valence-corrected chi connectivity index (χ3v) is 4.05. The van der Waals surface area contributed by atoms with Gasteiger partial charge in [0.1, 0.15) is 0 Å². The fourth-order valence-electron chi connectivity index (χ4n) is 2.43. The van der Waals surface area contributed by atoms with Gasteiger partial charge in [0, 0.05) is 12.8 Å². The number of methoxy groups -OCH3 is 3. The molecule has 0 bridgehead atoms. The lowest BCUT2D eigenvalue weighted by molar-refractivity contribution is -0.143. The summed E-state index contributed by atoms with van der Waals surface area (Å²) in [6.07, 6.45) is 3.99. The van der Waals surface area contributed by atoms with Crippen LogP contribution in [0.4, 0.5) is 0 Å². The Bertz CT molecular complexity index is 369. The van der Waals surface area contributed by atoms with Gasteiger partial charge in [-0.1, -0.05) is 13.8 Å². The molecular weight excluding hydrogens is 300 g/mol. The Labute approximate surface area is 138 Å². The number of carbonyl (C=O) groups excluding carboxylic acids is 3. The molecule has 0 heterocycles. The molecule has 0 atom stereocenters. The van der Waals surface area contributed by atoms with Crippen LogP contribution in [-0.4, -0.2) is 39.2 Å². The van der Waals surface area contributed by atoms with Gasteiger partial charge < -0.3 is 14.2 Å². The SMILES string of the molecule is COC(=O)CCC(CCC(=O)OC)CCC(C)(C)CC(=O)OC. The van der Waals surface area contributed by atoms with Crippen LogP contribution in [0.25, 0.3) is 0 Å². The molecule has 0 aromatic carbocycles. The molecule has 0 saturated carbocycles. The lowest BCUT2D eigenvalue weighted by Crippen LogP contribution is -2.20. The number of carbonyl (C=O) groups is 3. The summed E-state index contributed by atoms with van der Waals surface area (Å²) in [6.45, 7) is 4.03. The van der Waals surface area contributed by atoms with Crippen molar-refractivity contribution in [3.05, 3.63) is 0 Å². The average molecular weight is 330 g/mol. The molecule has 6 heteroatoms. The van der Waals surface area contributed by atoms with E-state index in [2.05, 4.69) is 9.47 Å². The predicted octanol–water partition coefficient (Wildman–Crippen LogP) is 2.88. The molecule has 0 saturated heterocycles. The van der Waals surface area contributed by atoms with Gasteiger partial charge in [-0.3, -0.25) is 14.4 Å². The van der Waals surface area contributed by atoms with Crippen LogP contribution in [0.5, 0.6) is 0 Å². The van der Waals surface area contributed by atoms with E-state index in [1.807, 2.05) is 13.8 Å². The van der Waals surface area contributed by atoms with Gasteiger partial charge in [-0.2, -0.15) is 0 Å². The summed E-state index contributed by atoms with van der Waals surface area (Å²) < 4.78 is 14.1. The summed E-state index contributed by atoms with van der Waals surface area (Å²) >= 11 is 0. The second-order valence-electron chi connectivity index (χ2n) is 6.55. The highest BCUT2D eigenvalue weighted by atomic mass is 16.5. The Kier molecular flexibility index (Phi) is 10.3. The Morgan fingerprint density at radius 1 is 0.783 bits per heavy atom. The second-order valence-corrected chi connectivity index (χ2v) is 6.55. The van der Waals surface area contributed by atoms with Crippen molar-refractivity contribution in [1.82, 2.24) is 0 Å². The molecule has 134 valence electrons. The molecule has 0 spiro atoms. The zero-order valence-corrected chi connectivity index (χ0v) is 15.0. The topological polar surface area (TPSA) is 78.9 Å². The van der Waals surface area contributed by atoms with Crippen LogP contribution in [0.3, 0.4) is 0 Å². The van der Waals surface area contributed by atoms with E-state index >= 15 is 0 Å². The van der Waals surface area contributed by atoms with Gasteiger partial charge in [0.2, 0.25) is 0 Å². The molecule has 0 radical (unpaired) electrons. The number of hydrogen-bond donors (Lipinski definition) is 0. The van der Waals surface area contributed by atoms with Crippen LogP contribution in [0.15, 0.2) is 0 Å². The van der Waals surface area contributed by atoms with Crippen molar-refractivity contribution >= 4 is 17.9 Å². The monoisotopic (exact) mass is 330 g/mol. The Morgan fingerprint density at radius 2 is 1.22 bits per heavy atom. The summed E-state index contributed by atoms with van der Waals surface area (Å²) in [4.78, 5) is 34.1. The minimum Gasteiger partial charge on any atom is -0.469 e. The van der Waals surface area contributed by atoms with Gasteiger partial charge in [-0.25, -0.2) is 0 Å². The molecule has 0 fully saturated rings. The fourth-order valence-corrected chi connectivity index (χ4v) is 2.43. The number of esters is 3. The van der Waals surface area contributed by atoms with E-state index in [-0.39, 0.29) is 29.2 Å². The predicted molar refractivity (Wildman–Crippen MR) is 85.6 cm³/mol. The van der Waals surface area contributed by atoms with E-state index in [1.165, 1.54) is 21.3 Å². The largest absolute Gasteiger partial charge is 0.469 e. The third kappa shape index (κ3) is 10.7. The Hall–Kier alpha value is -1.59. The van der Waals surface area contributed by atoms with Gasteiger partial charge in [0.25, 0.3) is 0 Å². The lowest BCUT2D eigenvalue weighted by Gasteiger charge is -2.26. The third-order valence-electron chi connectivity index (χ3n) is 4.05. The van der Waals surface area contributed by atoms with Crippen LogP contribution >= 0.6 is 0 Å². The van der Waals surface area contributed by atoms with E-state index in [9.17, 15) is 14.4 Å². The highest BCUT2D eigenvalue weighted by Gasteiger charge is 2.24. The highest BCUT2D eigenvalue weighted by Crippen LogP contribution is 2.31. The van der Waals surface area contributed by atoms with Gasteiger partial charge >= 0.3 is 17.9 Å². The molecule has 23 heavy (non-hydrogen) atoms. The molecule has 0 aromatic heterocycles. The summed E-state index contributed by atoms with van der Waals surface area (Å²) in [5, 5.41) is 0. The van der Waals surface area contributed by atoms with E-state index < -0.39 is 0 Å². The molecule has 6 nitrogen and oxygen atoms in total. The minimum absolute atomic E-state index is 0.179. The smallest absolute Gasteiger partial charge is 0.306 e. The summed E-state index contributed by atoms with van der Waals surface area (Å²) in [5.41, 5.74) is -0.179. The van der Waals surface area contributed by atoms with E-state index in [0.717, 1.165) is 12.8 Å². The van der Waals surface area contributed by atoms with Crippen LogP contribution in [0.1, 0.15) is 58.8 Å². The maximum Gasteiger partial charge on any atom is 0.306 e. The van der Waals surface area contributed by atoms with E-state index in [1.54, 1.807) is 0 Å². The summed E-state index contributed by atoms with van der Waals surface area (Å²) in [7, 11) is 4.12. The molecular formula is C17H30O6. The standard InChI is InChI=1S/C17H30O6/c1-17(2,12-16(20)23-5)11-10-13(6-8-14(18)21-3)7-9-15(19)22-4/h13H,6-12H2,1-5H3. The van der Waals surface area contributed by atoms with Crippen molar-refractivity contribution in [2.45, 2.75) is 58.8 Å². The second kappa shape index (κ2) is 11.0. The molecule has 0 aliphatic heterocycles. The summed E-state index contributed by atoms with van der Waals surface area (Å²) in [6, 6.07) is 0. The summed E-state index contributed by atoms with van der Waals surface area (Å²) in [5.74, 6) is -0.510. The highest BCUT2D eigenvalue weighted by molar-refractivity contribution is 5.70. The molecule has 0 aliphatic rings. The number of rotatable bonds is 11. The fraction of sp³-hybridized carbons (Fsp3) is 0.824. The molecule has 0 unspecified atom stereocenters. The van der Waals surface area contributed by atoms with Crippen molar-refractivity contribution in [2.24, 2.45) is 11.3 Å². The molecule has 0 aliphatic carbocycles. The van der Waals surface area contributed by atoms with Crippen LogP contribution in [0.2, 0.25) is 0 Å². The van der Waals surface area contributed by atoms with E-state index in [0.29, 0.717) is 32.1 Å². The van der Waals surface area contributed by atoms with Crippen LogP contribution < -0.4 is 0 Å². The molecule has 0 rings (SSSR count). The first-order valence-electron chi connectivity index (χ1n) is 7.94. The number of ether oxygens (including phenoxy) is 3. The molecule has 0 aromatic rings. The number of hydrogen-bond acceptors (Lipinski definition) is 6. The first-order chi connectivity index (χ1) is 10.7. The van der Waals surface area contributed by atoms with Crippen LogP contribution in [0, 0.1) is 11.3 Å². The maximum absolute atomic E-state index is 11.4. The van der Waals surface area contributed by atoms with Crippen molar-refractivity contribution < 1.29 is 28.6 Å².